The van der Waals surface area contributed by atoms with Gasteiger partial charge in [0.05, 0.1) is 5.56 Å². The molecule has 36 heavy (non-hydrogen) atoms. The summed E-state index contributed by atoms with van der Waals surface area (Å²) in [6.45, 7) is 0. The molecule has 0 aliphatic heterocycles. The fourth-order valence-electron chi connectivity index (χ4n) is 4.49. The molecule has 182 valence electrons. The number of halogens is 9. The molecule has 0 saturated heterocycles. The van der Waals surface area contributed by atoms with Gasteiger partial charge in [-0.3, -0.25) is 0 Å². The number of hydrogen-bond donors (Lipinski definition) is 0. The molecular formula is C27H11F9. The fraction of sp³-hybridized carbons (Fsp3) is 0.0370. The summed E-state index contributed by atoms with van der Waals surface area (Å²) in [7, 11) is 0. The zero-order chi connectivity index (χ0) is 25.9. The molecule has 9 heteroatoms. The second-order valence-corrected chi connectivity index (χ2v) is 7.94. The van der Waals surface area contributed by atoms with Crippen molar-refractivity contribution in [3.63, 3.8) is 0 Å². The molecule has 0 N–H and O–H groups in total. The first-order chi connectivity index (χ1) is 17.0. The highest BCUT2D eigenvalue weighted by molar-refractivity contribution is 6.21. The SMILES string of the molecule is Fc1c(F)c(C(F)(F)F)c(F)c(F)c1-c1c2ccccc2c(-c2ccccc2)c2c(F)ccc(F)c12. The standard InChI is InChI=1S/C27H11F9/c28-15-10-11-16(29)20-18(21-23(30)25(32)22(27(34,35)36)26(33)24(21)31)14-9-5-4-8-13(14)17(19(15)20)12-6-2-1-3-7-12/h1-11H. The second kappa shape index (κ2) is 8.29. The normalized spacial score (nSPS) is 12.0. The van der Waals surface area contributed by atoms with E-state index >= 15 is 17.6 Å². The molecule has 0 spiro atoms. The van der Waals surface area contributed by atoms with Crippen LogP contribution in [0.1, 0.15) is 5.56 Å². The largest absolute Gasteiger partial charge is 0.422 e. The predicted molar refractivity (Wildman–Crippen MR) is 117 cm³/mol. The summed E-state index contributed by atoms with van der Waals surface area (Å²) in [4.78, 5) is 0. The maximum absolute atomic E-state index is 15.3. The van der Waals surface area contributed by atoms with E-state index in [0.29, 0.717) is 11.6 Å². The molecule has 0 unspecified atom stereocenters. The van der Waals surface area contributed by atoms with Gasteiger partial charge in [0.2, 0.25) is 0 Å². The van der Waals surface area contributed by atoms with Crippen LogP contribution in [0.4, 0.5) is 39.5 Å². The minimum Gasteiger partial charge on any atom is -0.206 e. The van der Waals surface area contributed by atoms with Gasteiger partial charge < -0.3 is 0 Å². The van der Waals surface area contributed by atoms with Gasteiger partial charge in [0.15, 0.2) is 23.3 Å². The van der Waals surface area contributed by atoms with Gasteiger partial charge in [-0.15, -0.1) is 0 Å². The van der Waals surface area contributed by atoms with E-state index in [1.807, 2.05) is 0 Å². The zero-order valence-electron chi connectivity index (χ0n) is 17.8. The highest BCUT2D eigenvalue weighted by atomic mass is 19.4. The van der Waals surface area contributed by atoms with E-state index in [2.05, 4.69) is 0 Å². The monoisotopic (exact) mass is 506 g/mol. The number of hydrogen-bond acceptors (Lipinski definition) is 0. The summed E-state index contributed by atoms with van der Waals surface area (Å²) < 4.78 is 129. The molecule has 0 radical (unpaired) electrons. The quantitative estimate of drug-likeness (QED) is 0.127. The van der Waals surface area contributed by atoms with E-state index in [9.17, 15) is 22.0 Å². The van der Waals surface area contributed by atoms with Crippen LogP contribution >= 0.6 is 0 Å². The summed E-state index contributed by atoms with van der Waals surface area (Å²) in [6, 6.07) is 15.0. The lowest BCUT2D eigenvalue weighted by atomic mass is 9.85. The smallest absolute Gasteiger partial charge is 0.206 e. The molecule has 5 rings (SSSR count). The fourth-order valence-corrected chi connectivity index (χ4v) is 4.49. The third-order valence-electron chi connectivity index (χ3n) is 5.93. The number of fused-ring (bicyclic) bond motifs is 2. The summed E-state index contributed by atoms with van der Waals surface area (Å²) >= 11 is 0. The third kappa shape index (κ3) is 3.41. The van der Waals surface area contributed by atoms with Crippen molar-refractivity contribution in [1.29, 1.82) is 0 Å². The summed E-state index contributed by atoms with van der Waals surface area (Å²) in [6.07, 6.45) is -5.76. The molecule has 5 aromatic carbocycles. The molecule has 0 nitrogen and oxygen atoms in total. The molecule has 5 aromatic rings. The van der Waals surface area contributed by atoms with Crippen LogP contribution in [-0.2, 0) is 6.18 Å². The van der Waals surface area contributed by atoms with E-state index < -0.39 is 68.5 Å². The Morgan fingerprint density at radius 1 is 0.444 bits per heavy atom. The summed E-state index contributed by atoms with van der Waals surface area (Å²) in [5.74, 6) is -12.4. The molecular weight excluding hydrogens is 495 g/mol. The molecule has 0 atom stereocenters. The van der Waals surface area contributed by atoms with Gasteiger partial charge in [0, 0.05) is 21.9 Å². The Labute approximate surface area is 197 Å². The maximum Gasteiger partial charge on any atom is 0.422 e. The summed E-state index contributed by atoms with van der Waals surface area (Å²) in [5, 5.41) is -1.25. The van der Waals surface area contributed by atoms with Crippen molar-refractivity contribution in [3.8, 4) is 22.3 Å². The Balaban J connectivity index is 2.08. The van der Waals surface area contributed by atoms with Crippen molar-refractivity contribution >= 4 is 21.5 Å². The van der Waals surface area contributed by atoms with Crippen LogP contribution in [0.5, 0.6) is 0 Å². The van der Waals surface area contributed by atoms with Crippen molar-refractivity contribution in [2.24, 2.45) is 0 Å². The number of alkyl halides is 3. The zero-order valence-corrected chi connectivity index (χ0v) is 17.8. The maximum atomic E-state index is 15.3. The van der Waals surface area contributed by atoms with Crippen molar-refractivity contribution in [2.75, 3.05) is 0 Å². The highest BCUT2D eigenvalue weighted by Crippen LogP contribution is 2.48. The highest BCUT2D eigenvalue weighted by Gasteiger charge is 2.43. The van der Waals surface area contributed by atoms with Crippen LogP contribution < -0.4 is 0 Å². The molecule has 0 bridgehead atoms. The van der Waals surface area contributed by atoms with E-state index in [0.717, 1.165) is 6.07 Å². The van der Waals surface area contributed by atoms with Crippen LogP contribution in [-0.4, -0.2) is 0 Å². The van der Waals surface area contributed by atoms with E-state index in [-0.39, 0.29) is 16.3 Å². The topological polar surface area (TPSA) is 0 Å². The lowest BCUT2D eigenvalue weighted by Gasteiger charge is -2.20. The predicted octanol–water partition coefficient (Wildman–Crippen LogP) is 9.18. The average Bonchev–Trinajstić information content (AvgIpc) is 2.84. The molecule has 0 aliphatic rings. The van der Waals surface area contributed by atoms with Crippen LogP contribution in [0.15, 0.2) is 66.7 Å². The van der Waals surface area contributed by atoms with Gasteiger partial charge >= 0.3 is 6.18 Å². The van der Waals surface area contributed by atoms with Gasteiger partial charge in [-0.1, -0.05) is 54.6 Å². The van der Waals surface area contributed by atoms with E-state index in [1.54, 1.807) is 30.3 Å². The molecule has 0 aliphatic carbocycles. The van der Waals surface area contributed by atoms with Crippen molar-refractivity contribution in [1.82, 2.24) is 0 Å². The Kier molecular flexibility index (Phi) is 5.46. The summed E-state index contributed by atoms with van der Waals surface area (Å²) in [5.41, 5.74) is -4.65. The molecule has 0 saturated carbocycles. The molecule has 0 aromatic heterocycles. The lowest BCUT2D eigenvalue weighted by molar-refractivity contribution is -0.143. The first-order valence-electron chi connectivity index (χ1n) is 10.3. The average molecular weight is 506 g/mol. The van der Waals surface area contributed by atoms with E-state index in [1.165, 1.54) is 24.3 Å². The minimum atomic E-state index is -5.76. The Hall–Kier alpha value is -4.01. The second-order valence-electron chi connectivity index (χ2n) is 7.94. The van der Waals surface area contributed by atoms with Crippen LogP contribution in [0.25, 0.3) is 43.8 Å². The first-order valence-corrected chi connectivity index (χ1v) is 10.3. The molecule has 0 heterocycles. The van der Waals surface area contributed by atoms with Crippen molar-refractivity contribution < 1.29 is 39.5 Å². The van der Waals surface area contributed by atoms with Gasteiger partial charge in [0.25, 0.3) is 0 Å². The van der Waals surface area contributed by atoms with Crippen LogP contribution in [0.2, 0.25) is 0 Å². The van der Waals surface area contributed by atoms with Gasteiger partial charge in [0.1, 0.15) is 17.2 Å². The van der Waals surface area contributed by atoms with Crippen LogP contribution in [0.3, 0.4) is 0 Å². The van der Waals surface area contributed by atoms with Gasteiger partial charge in [-0.2, -0.15) is 13.2 Å². The first kappa shape index (κ1) is 23.7. The van der Waals surface area contributed by atoms with Gasteiger partial charge in [-0.05, 0) is 28.5 Å². The lowest BCUT2D eigenvalue weighted by Crippen LogP contribution is -2.16. The number of rotatable bonds is 2. The van der Waals surface area contributed by atoms with E-state index in [4.69, 9.17) is 0 Å². The molecule has 0 fully saturated rings. The van der Waals surface area contributed by atoms with Gasteiger partial charge in [-0.25, -0.2) is 26.3 Å². The Bertz CT molecular complexity index is 1640. The molecule has 0 amide bonds. The Morgan fingerprint density at radius 3 is 1.39 bits per heavy atom. The number of benzene rings is 5. The van der Waals surface area contributed by atoms with Crippen LogP contribution in [0, 0.1) is 34.9 Å². The third-order valence-corrected chi connectivity index (χ3v) is 5.93. The van der Waals surface area contributed by atoms with Crippen molar-refractivity contribution in [3.05, 3.63) is 107 Å². The Morgan fingerprint density at radius 2 is 0.889 bits per heavy atom. The minimum absolute atomic E-state index is 0.121. The van der Waals surface area contributed by atoms with Crippen molar-refractivity contribution in [2.45, 2.75) is 6.18 Å².